The largest absolute Gasteiger partial charge is 0.475 e. The second-order valence-electron chi connectivity index (χ2n) is 3.85. The first-order chi connectivity index (χ1) is 8.63. The van der Waals surface area contributed by atoms with Gasteiger partial charge in [0.1, 0.15) is 5.69 Å². The monoisotopic (exact) mass is 247 g/mol. The Labute approximate surface area is 104 Å². The van der Waals surface area contributed by atoms with Crippen molar-refractivity contribution < 1.29 is 19.1 Å². The van der Waals surface area contributed by atoms with Gasteiger partial charge in [0, 0.05) is 12.7 Å². The highest BCUT2D eigenvalue weighted by Crippen LogP contribution is 2.25. The van der Waals surface area contributed by atoms with Crippen molar-refractivity contribution in [2.75, 3.05) is 7.11 Å². The Hall–Kier alpha value is -2.14. The topological polar surface area (TPSA) is 72.6 Å². The van der Waals surface area contributed by atoms with Crippen molar-refractivity contribution in [2.45, 2.75) is 13.5 Å². The number of oxazole rings is 1. The molecule has 94 valence electrons. The van der Waals surface area contributed by atoms with E-state index in [1.807, 2.05) is 31.2 Å². The van der Waals surface area contributed by atoms with E-state index in [9.17, 15) is 4.79 Å². The van der Waals surface area contributed by atoms with Gasteiger partial charge in [-0.05, 0) is 18.6 Å². The van der Waals surface area contributed by atoms with Gasteiger partial charge in [-0.25, -0.2) is 9.78 Å². The molecule has 0 atom stereocenters. The number of nitrogens with zero attached hydrogens (tertiary/aromatic N) is 1. The third kappa shape index (κ3) is 2.26. The molecule has 5 heteroatoms. The molecule has 1 aromatic heterocycles. The molecule has 1 N–H and O–H groups in total. The van der Waals surface area contributed by atoms with Gasteiger partial charge in [0.05, 0.1) is 6.61 Å². The molecule has 2 rings (SSSR count). The number of aromatic nitrogens is 1. The summed E-state index contributed by atoms with van der Waals surface area (Å²) < 4.78 is 10.2. The molecule has 5 nitrogen and oxygen atoms in total. The molecule has 0 aliphatic rings. The number of aromatic carboxylic acids is 1. The van der Waals surface area contributed by atoms with Crippen molar-refractivity contribution in [1.29, 1.82) is 0 Å². The van der Waals surface area contributed by atoms with Crippen molar-refractivity contribution >= 4 is 5.97 Å². The second-order valence-corrected chi connectivity index (χ2v) is 3.85. The summed E-state index contributed by atoms with van der Waals surface area (Å²) in [5.41, 5.74) is 2.05. The van der Waals surface area contributed by atoms with Crippen LogP contribution in [0.15, 0.2) is 28.7 Å². The van der Waals surface area contributed by atoms with E-state index >= 15 is 0 Å². The Morgan fingerprint density at radius 2 is 2.17 bits per heavy atom. The van der Waals surface area contributed by atoms with Crippen molar-refractivity contribution in [3.05, 3.63) is 41.3 Å². The number of hydrogen-bond donors (Lipinski definition) is 1. The lowest BCUT2D eigenvalue weighted by molar-refractivity contribution is 0.0656. The summed E-state index contributed by atoms with van der Waals surface area (Å²) in [5, 5.41) is 9.03. The summed E-state index contributed by atoms with van der Waals surface area (Å²) in [7, 11) is 1.48. The van der Waals surface area contributed by atoms with Crippen molar-refractivity contribution in [1.82, 2.24) is 4.98 Å². The Morgan fingerprint density at radius 1 is 1.44 bits per heavy atom. The van der Waals surface area contributed by atoms with E-state index in [1.165, 1.54) is 7.11 Å². The summed E-state index contributed by atoms with van der Waals surface area (Å²) in [5.74, 6) is -1.01. The fraction of sp³-hybridized carbons (Fsp3) is 0.231. The summed E-state index contributed by atoms with van der Waals surface area (Å²) in [6, 6.07) is 7.50. The zero-order valence-electron chi connectivity index (χ0n) is 10.1. The van der Waals surface area contributed by atoms with Gasteiger partial charge >= 0.3 is 5.97 Å². The molecule has 0 saturated carbocycles. The number of carbonyl (C=O) groups is 1. The summed E-state index contributed by atoms with van der Waals surface area (Å²) in [4.78, 5) is 15.2. The molecule has 1 heterocycles. The molecule has 2 aromatic rings. The Balaban J connectivity index is 2.50. The predicted octanol–water partition coefficient (Wildman–Crippen LogP) is 2.49. The van der Waals surface area contributed by atoms with Crippen molar-refractivity contribution in [2.24, 2.45) is 0 Å². The van der Waals surface area contributed by atoms with Crippen LogP contribution in [-0.4, -0.2) is 23.2 Å². The van der Waals surface area contributed by atoms with Gasteiger partial charge in [-0.15, -0.1) is 0 Å². The van der Waals surface area contributed by atoms with E-state index in [2.05, 4.69) is 4.98 Å². The summed E-state index contributed by atoms with van der Waals surface area (Å²) >= 11 is 0. The number of aryl methyl sites for hydroxylation is 1. The maximum atomic E-state index is 11.0. The molecule has 0 saturated heterocycles. The first-order valence-corrected chi connectivity index (χ1v) is 5.41. The second kappa shape index (κ2) is 5.01. The maximum absolute atomic E-state index is 11.0. The Kier molecular flexibility index (Phi) is 3.43. The lowest BCUT2D eigenvalue weighted by Crippen LogP contribution is -2.00. The molecule has 0 aliphatic heterocycles. The van der Waals surface area contributed by atoms with Crippen LogP contribution >= 0.6 is 0 Å². The molecule has 0 radical (unpaired) electrons. The fourth-order valence-corrected chi connectivity index (χ4v) is 1.68. The van der Waals surface area contributed by atoms with E-state index in [-0.39, 0.29) is 12.4 Å². The molecule has 0 amide bonds. The zero-order valence-corrected chi connectivity index (χ0v) is 10.1. The minimum atomic E-state index is -1.14. The van der Waals surface area contributed by atoms with Gasteiger partial charge in [0.2, 0.25) is 11.7 Å². The van der Waals surface area contributed by atoms with Crippen LogP contribution in [0, 0.1) is 6.92 Å². The average Bonchev–Trinajstić information content (AvgIpc) is 2.74. The van der Waals surface area contributed by atoms with E-state index < -0.39 is 5.97 Å². The number of carboxylic acids is 1. The molecule has 0 unspecified atom stereocenters. The van der Waals surface area contributed by atoms with Crippen LogP contribution in [0.3, 0.4) is 0 Å². The highest BCUT2D eigenvalue weighted by atomic mass is 16.5. The van der Waals surface area contributed by atoms with Crippen LogP contribution in [0.2, 0.25) is 0 Å². The van der Waals surface area contributed by atoms with Crippen LogP contribution in [0.25, 0.3) is 11.5 Å². The minimum absolute atomic E-state index is 0.108. The van der Waals surface area contributed by atoms with E-state index in [4.69, 9.17) is 14.3 Å². The van der Waals surface area contributed by atoms with E-state index in [1.54, 1.807) is 0 Å². The van der Waals surface area contributed by atoms with Crippen molar-refractivity contribution in [3.63, 3.8) is 0 Å². The van der Waals surface area contributed by atoms with Gasteiger partial charge in [0.25, 0.3) is 0 Å². The smallest absolute Gasteiger partial charge is 0.373 e. The number of carboxylic acid groups (broad SMARTS) is 1. The van der Waals surface area contributed by atoms with Crippen LogP contribution in [0.5, 0.6) is 0 Å². The van der Waals surface area contributed by atoms with Gasteiger partial charge < -0.3 is 14.3 Å². The van der Waals surface area contributed by atoms with Gasteiger partial charge in [-0.2, -0.15) is 0 Å². The van der Waals surface area contributed by atoms with Gasteiger partial charge in [0.15, 0.2) is 0 Å². The highest BCUT2D eigenvalue weighted by Gasteiger charge is 2.20. The molecular formula is C13H13NO4. The summed E-state index contributed by atoms with van der Waals surface area (Å²) in [6.07, 6.45) is 0. The molecule has 0 fully saturated rings. The van der Waals surface area contributed by atoms with E-state index in [0.29, 0.717) is 11.6 Å². The third-order valence-corrected chi connectivity index (χ3v) is 2.55. The molecule has 0 bridgehead atoms. The summed E-state index contributed by atoms with van der Waals surface area (Å²) in [6.45, 7) is 2.02. The number of ether oxygens (including phenoxy) is 1. The number of hydrogen-bond acceptors (Lipinski definition) is 4. The number of methoxy groups -OCH3 is 1. The normalized spacial score (nSPS) is 10.6. The van der Waals surface area contributed by atoms with Crippen LogP contribution in [0.4, 0.5) is 0 Å². The molecule has 0 aliphatic carbocycles. The zero-order chi connectivity index (χ0) is 13.1. The number of rotatable bonds is 4. The van der Waals surface area contributed by atoms with Crippen LogP contribution in [0.1, 0.15) is 21.8 Å². The Morgan fingerprint density at radius 3 is 2.78 bits per heavy atom. The first kappa shape index (κ1) is 12.3. The fourth-order valence-electron chi connectivity index (χ4n) is 1.68. The quantitative estimate of drug-likeness (QED) is 0.898. The highest BCUT2D eigenvalue weighted by molar-refractivity contribution is 5.86. The SMILES string of the molecule is COCc1nc(-c2ccccc2C)oc1C(=O)O. The maximum Gasteiger partial charge on any atom is 0.373 e. The lowest BCUT2D eigenvalue weighted by atomic mass is 10.1. The Bertz CT molecular complexity index is 574. The van der Waals surface area contributed by atoms with Crippen LogP contribution in [-0.2, 0) is 11.3 Å². The first-order valence-electron chi connectivity index (χ1n) is 5.41. The van der Waals surface area contributed by atoms with E-state index in [0.717, 1.165) is 11.1 Å². The number of benzene rings is 1. The standard InChI is InChI=1S/C13H13NO4/c1-8-5-3-4-6-9(8)12-14-10(7-17-2)11(18-12)13(15)16/h3-6H,7H2,1-2H3,(H,15,16). The predicted molar refractivity (Wildman–Crippen MR) is 64.3 cm³/mol. The molecule has 18 heavy (non-hydrogen) atoms. The average molecular weight is 247 g/mol. The van der Waals surface area contributed by atoms with Crippen LogP contribution < -0.4 is 0 Å². The van der Waals surface area contributed by atoms with Gasteiger partial charge in [-0.1, -0.05) is 18.2 Å². The van der Waals surface area contributed by atoms with Gasteiger partial charge in [-0.3, -0.25) is 0 Å². The lowest BCUT2D eigenvalue weighted by Gasteiger charge is -1.99. The molecule has 0 spiro atoms. The minimum Gasteiger partial charge on any atom is -0.475 e. The molecular weight excluding hydrogens is 234 g/mol. The molecule has 1 aromatic carbocycles. The third-order valence-electron chi connectivity index (χ3n) is 2.55. The van der Waals surface area contributed by atoms with Crippen molar-refractivity contribution in [3.8, 4) is 11.5 Å².